The Bertz CT molecular complexity index is 888. The molecular weight excluding hydrogens is 350 g/mol. The number of sulfonamides is 1. The normalized spacial score (nSPS) is 12.3. The molecule has 0 aliphatic carbocycles. The molecule has 0 fully saturated rings. The Labute approximate surface area is 135 Å². The maximum Gasteiger partial charge on any atom is 0.260 e. The number of hydrogen-bond acceptors (Lipinski definition) is 5. The summed E-state index contributed by atoms with van der Waals surface area (Å²) in [5.41, 5.74) is 1.16. The van der Waals surface area contributed by atoms with E-state index in [-0.39, 0.29) is 16.7 Å². The van der Waals surface area contributed by atoms with E-state index in [0.717, 1.165) is 10.4 Å². The second-order valence-electron chi connectivity index (χ2n) is 4.54. The predicted octanol–water partition coefficient (Wildman–Crippen LogP) is 3.21. The number of nitrogens with zero attached hydrogens (tertiary/aromatic N) is 2. The third-order valence-corrected chi connectivity index (χ3v) is 6.79. The van der Waals surface area contributed by atoms with Gasteiger partial charge in [0, 0.05) is 27.9 Å². The molecule has 0 spiro atoms. The van der Waals surface area contributed by atoms with Gasteiger partial charge in [-0.2, -0.15) is 0 Å². The summed E-state index contributed by atoms with van der Waals surface area (Å²) in [6.07, 6.45) is 1.65. The van der Waals surface area contributed by atoms with Crippen LogP contribution in [0.3, 0.4) is 0 Å². The largest absolute Gasteiger partial charge is 0.279 e. The fraction of sp³-hybridized carbons (Fsp3) is 0.250. The van der Waals surface area contributed by atoms with Gasteiger partial charge in [0.2, 0.25) is 0 Å². The van der Waals surface area contributed by atoms with Gasteiger partial charge >= 0.3 is 0 Å². The highest BCUT2D eigenvalue weighted by molar-refractivity contribution is 7.89. The second kappa shape index (κ2) is 5.36. The van der Waals surface area contributed by atoms with Gasteiger partial charge in [-0.3, -0.25) is 4.40 Å². The number of rotatable bonds is 4. The summed E-state index contributed by atoms with van der Waals surface area (Å²) in [6, 6.07) is 1.99. The molecule has 21 heavy (non-hydrogen) atoms. The molecule has 0 aliphatic heterocycles. The first-order valence-corrected chi connectivity index (χ1v) is 9.61. The van der Waals surface area contributed by atoms with Gasteiger partial charge in [0.05, 0.1) is 0 Å². The highest BCUT2D eigenvalue weighted by Crippen LogP contribution is 2.26. The van der Waals surface area contributed by atoms with E-state index in [2.05, 4.69) is 9.71 Å². The van der Waals surface area contributed by atoms with Crippen molar-refractivity contribution in [2.75, 3.05) is 0 Å². The Morgan fingerprint density at radius 2 is 2.19 bits per heavy atom. The van der Waals surface area contributed by atoms with Crippen molar-refractivity contribution < 1.29 is 8.42 Å². The second-order valence-corrected chi connectivity index (χ2v) is 8.79. The van der Waals surface area contributed by atoms with Crippen molar-refractivity contribution in [3.63, 3.8) is 0 Å². The van der Waals surface area contributed by atoms with Crippen LogP contribution in [0.25, 0.3) is 4.96 Å². The standard InChI is InChI=1S/C12H12ClN3O2S3/c1-7-5-9(20-8(7)2)6-14-21(17,18)11-10(13)15-12-16(11)3-4-19-12/h3-5,14H,6H2,1-2H3. The Kier molecular flexibility index (Phi) is 3.83. The lowest BCUT2D eigenvalue weighted by Gasteiger charge is -2.04. The molecule has 3 heterocycles. The van der Waals surface area contributed by atoms with Crippen LogP contribution in [0.15, 0.2) is 22.7 Å². The molecule has 3 aromatic heterocycles. The molecule has 112 valence electrons. The van der Waals surface area contributed by atoms with Crippen molar-refractivity contribution in [3.05, 3.63) is 38.1 Å². The SMILES string of the molecule is Cc1cc(CNS(=O)(=O)c2c(Cl)nc3sccn23)sc1C. The van der Waals surface area contributed by atoms with Gasteiger partial charge in [0.15, 0.2) is 15.1 Å². The minimum absolute atomic E-state index is 0.00658. The number of aryl methyl sites for hydroxylation is 2. The Morgan fingerprint density at radius 1 is 1.43 bits per heavy atom. The zero-order chi connectivity index (χ0) is 15.2. The maximum atomic E-state index is 12.4. The van der Waals surface area contributed by atoms with Crippen LogP contribution in [0.4, 0.5) is 0 Å². The van der Waals surface area contributed by atoms with Gasteiger partial charge in [-0.25, -0.2) is 18.1 Å². The Morgan fingerprint density at radius 3 is 2.86 bits per heavy atom. The third-order valence-electron chi connectivity index (χ3n) is 3.09. The topological polar surface area (TPSA) is 63.5 Å². The number of fused-ring (bicyclic) bond motifs is 1. The number of halogens is 1. The van der Waals surface area contributed by atoms with Crippen molar-refractivity contribution in [2.45, 2.75) is 25.4 Å². The maximum absolute atomic E-state index is 12.4. The highest BCUT2D eigenvalue weighted by Gasteiger charge is 2.24. The minimum atomic E-state index is -3.71. The van der Waals surface area contributed by atoms with Crippen molar-refractivity contribution >= 4 is 49.3 Å². The summed E-state index contributed by atoms with van der Waals surface area (Å²) in [5.74, 6) is 0. The summed E-state index contributed by atoms with van der Waals surface area (Å²) in [6.45, 7) is 4.27. The van der Waals surface area contributed by atoms with Crippen LogP contribution in [0.1, 0.15) is 15.3 Å². The average molecular weight is 362 g/mol. The van der Waals surface area contributed by atoms with Gasteiger partial charge in [-0.05, 0) is 25.5 Å². The smallest absolute Gasteiger partial charge is 0.260 e. The Balaban J connectivity index is 1.90. The van der Waals surface area contributed by atoms with Gasteiger partial charge < -0.3 is 0 Å². The first-order valence-electron chi connectivity index (χ1n) is 6.05. The lowest BCUT2D eigenvalue weighted by molar-refractivity contribution is 0.577. The van der Waals surface area contributed by atoms with Gasteiger partial charge in [0.25, 0.3) is 10.0 Å². The monoisotopic (exact) mass is 361 g/mol. The molecule has 0 unspecified atom stereocenters. The van der Waals surface area contributed by atoms with Gasteiger partial charge in [-0.1, -0.05) is 11.6 Å². The fourth-order valence-electron chi connectivity index (χ4n) is 1.95. The zero-order valence-electron chi connectivity index (χ0n) is 11.3. The lowest BCUT2D eigenvalue weighted by atomic mass is 10.3. The summed E-state index contributed by atoms with van der Waals surface area (Å²) >= 11 is 8.88. The van der Waals surface area contributed by atoms with Crippen LogP contribution in [0.2, 0.25) is 5.15 Å². The molecule has 5 nitrogen and oxygen atoms in total. The van der Waals surface area contributed by atoms with Crippen LogP contribution >= 0.6 is 34.3 Å². The summed E-state index contributed by atoms with van der Waals surface area (Å²) < 4.78 is 29.0. The lowest BCUT2D eigenvalue weighted by Crippen LogP contribution is -2.24. The molecule has 0 saturated heterocycles. The number of thiazole rings is 1. The first-order chi connectivity index (χ1) is 9.88. The van der Waals surface area contributed by atoms with E-state index >= 15 is 0 Å². The van der Waals surface area contributed by atoms with Crippen LogP contribution in [-0.4, -0.2) is 17.8 Å². The van der Waals surface area contributed by atoms with Crippen LogP contribution in [0, 0.1) is 13.8 Å². The molecule has 0 aliphatic rings. The third kappa shape index (κ3) is 2.74. The van der Waals surface area contributed by atoms with E-state index in [0.29, 0.717) is 4.96 Å². The van der Waals surface area contributed by atoms with Crippen molar-refractivity contribution in [1.82, 2.24) is 14.1 Å². The molecule has 0 radical (unpaired) electrons. The van der Waals surface area contributed by atoms with Crippen LogP contribution < -0.4 is 4.72 Å². The summed E-state index contributed by atoms with van der Waals surface area (Å²) in [5, 5.41) is 1.75. The van der Waals surface area contributed by atoms with Crippen LogP contribution in [-0.2, 0) is 16.6 Å². The molecule has 0 saturated carbocycles. The van der Waals surface area contributed by atoms with E-state index in [1.54, 1.807) is 22.9 Å². The van der Waals surface area contributed by atoms with Crippen molar-refractivity contribution in [1.29, 1.82) is 0 Å². The highest BCUT2D eigenvalue weighted by atomic mass is 35.5. The molecule has 1 N–H and O–H groups in total. The summed E-state index contributed by atoms with van der Waals surface area (Å²) in [7, 11) is -3.71. The molecule has 0 bridgehead atoms. The molecule has 3 rings (SSSR count). The fourth-order valence-corrected chi connectivity index (χ4v) is 5.49. The molecular formula is C12H12ClN3O2S3. The number of imidazole rings is 1. The van der Waals surface area contributed by atoms with Crippen LogP contribution in [0.5, 0.6) is 0 Å². The van der Waals surface area contributed by atoms with Gasteiger partial charge in [0.1, 0.15) is 0 Å². The zero-order valence-corrected chi connectivity index (χ0v) is 14.5. The first kappa shape index (κ1) is 15.0. The summed E-state index contributed by atoms with van der Waals surface area (Å²) in [4.78, 5) is 6.76. The van der Waals surface area contributed by atoms with Gasteiger partial charge in [-0.15, -0.1) is 22.7 Å². The van der Waals surface area contributed by atoms with Crippen molar-refractivity contribution in [2.24, 2.45) is 0 Å². The molecule has 0 amide bonds. The number of nitrogens with one attached hydrogen (secondary N) is 1. The van der Waals surface area contributed by atoms with Crippen molar-refractivity contribution in [3.8, 4) is 0 Å². The molecule has 9 heteroatoms. The van der Waals surface area contributed by atoms with E-state index < -0.39 is 10.0 Å². The van der Waals surface area contributed by atoms with E-state index in [9.17, 15) is 8.42 Å². The number of thiophene rings is 1. The molecule has 0 aromatic carbocycles. The molecule has 3 aromatic rings. The number of aromatic nitrogens is 2. The predicted molar refractivity (Wildman–Crippen MR) is 85.9 cm³/mol. The minimum Gasteiger partial charge on any atom is -0.279 e. The average Bonchev–Trinajstić information content (AvgIpc) is 3.02. The van der Waals surface area contributed by atoms with E-state index in [4.69, 9.17) is 11.6 Å². The Hall–Kier alpha value is -0.930. The van der Waals surface area contributed by atoms with E-state index in [1.807, 2.05) is 19.9 Å². The van der Waals surface area contributed by atoms with E-state index in [1.165, 1.54) is 20.6 Å². The quantitative estimate of drug-likeness (QED) is 0.776. The number of hydrogen-bond donors (Lipinski definition) is 1. The molecule has 0 atom stereocenters.